The number of nitrogens with one attached hydrogen (secondary N) is 1. The van der Waals surface area contributed by atoms with Crippen LogP contribution in [-0.4, -0.2) is 16.1 Å². The second kappa shape index (κ2) is 4.41. The van der Waals surface area contributed by atoms with Gasteiger partial charge in [-0.05, 0) is 31.0 Å². The molecule has 0 aliphatic carbocycles. The van der Waals surface area contributed by atoms with E-state index in [1.54, 1.807) is 0 Å². The fraction of sp³-hybridized carbons (Fsp3) is 0.357. The summed E-state index contributed by atoms with van der Waals surface area (Å²) in [7, 11) is 0. The SMILES string of the molecule is Cc1ccc(-c2nc(Cl)c3n2CCNC3)cc1C. The van der Waals surface area contributed by atoms with Crippen molar-refractivity contribution in [2.24, 2.45) is 0 Å². The largest absolute Gasteiger partial charge is 0.324 e. The zero-order chi connectivity index (χ0) is 12.7. The van der Waals surface area contributed by atoms with E-state index in [0.29, 0.717) is 5.15 Å². The third kappa shape index (κ3) is 1.84. The molecule has 0 unspecified atom stereocenters. The van der Waals surface area contributed by atoms with Gasteiger partial charge in [-0.15, -0.1) is 0 Å². The molecule has 0 fully saturated rings. The molecule has 0 radical (unpaired) electrons. The molecule has 0 amide bonds. The molecule has 1 aliphatic rings. The highest BCUT2D eigenvalue weighted by molar-refractivity contribution is 6.30. The molecule has 1 aliphatic heterocycles. The second-order valence-electron chi connectivity index (χ2n) is 4.80. The van der Waals surface area contributed by atoms with Crippen molar-refractivity contribution in [3.05, 3.63) is 40.2 Å². The Labute approximate surface area is 112 Å². The van der Waals surface area contributed by atoms with Crippen LogP contribution in [0.4, 0.5) is 0 Å². The smallest absolute Gasteiger partial charge is 0.152 e. The van der Waals surface area contributed by atoms with Crippen molar-refractivity contribution in [3.63, 3.8) is 0 Å². The number of imidazole rings is 1. The highest BCUT2D eigenvalue weighted by Gasteiger charge is 2.19. The Hall–Kier alpha value is -1.32. The summed E-state index contributed by atoms with van der Waals surface area (Å²) in [6.07, 6.45) is 0. The summed E-state index contributed by atoms with van der Waals surface area (Å²) in [5, 5.41) is 3.94. The first-order chi connectivity index (χ1) is 8.66. The first-order valence-corrected chi connectivity index (χ1v) is 6.58. The first-order valence-electron chi connectivity index (χ1n) is 6.20. The lowest BCUT2D eigenvalue weighted by atomic mass is 10.1. The lowest BCUT2D eigenvalue weighted by Crippen LogP contribution is -2.28. The van der Waals surface area contributed by atoms with Crippen molar-refractivity contribution in [2.45, 2.75) is 26.9 Å². The Morgan fingerprint density at radius 3 is 2.89 bits per heavy atom. The molecule has 0 bridgehead atoms. The van der Waals surface area contributed by atoms with Crippen LogP contribution in [0.3, 0.4) is 0 Å². The summed E-state index contributed by atoms with van der Waals surface area (Å²) >= 11 is 6.21. The highest BCUT2D eigenvalue weighted by Crippen LogP contribution is 2.28. The molecule has 2 heterocycles. The van der Waals surface area contributed by atoms with Crippen LogP contribution < -0.4 is 5.32 Å². The molecular formula is C14H16ClN3. The Kier molecular flexibility index (Phi) is 2.88. The molecule has 1 aromatic heterocycles. The molecule has 18 heavy (non-hydrogen) atoms. The van der Waals surface area contributed by atoms with Gasteiger partial charge in [0.1, 0.15) is 5.82 Å². The van der Waals surface area contributed by atoms with Gasteiger partial charge in [-0.1, -0.05) is 23.7 Å². The van der Waals surface area contributed by atoms with Gasteiger partial charge < -0.3 is 9.88 Å². The molecule has 2 aromatic rings. The summed E-state index contributed by atoms with van der Waals surface area (Å²) in [6, 6.07) is 6.45. The van der Waals surface area contributed by atoms with E-state index < -0.39 is 0 Å². The van der Waals surface area contributed by atoms with Crippen LogP contribution in [0.1, 0.15) is 16.8 Å². The second-order valence-corrected chi connectivity index (χ2v) is 5.16. The fourth-order valence-corrected chi connectivity index (χ4v) is 2.61. The number of nitrogens with zero attached hydrogens (tertiary/aromatic N) is 2. The average Bonchev–Trinajstić information content (AvgIpc) is 2.71. The van der Waals surface area contributed by atoms with Gasteiger partial charge >= 0.3 is 0 Å². The van der Waals surface area contributed by atoms with Crippen LogP contribution in [0.2, 0.25) is 5.15 Å². The maximum absolute atomic E-state index is 6.21. The summed E-state index contributed by atoms with van der Waals surface area (Å²) < 4.78 is 2.23. The topological polar surface area (TPSA) is 29.9 Å². The van der Waals surface area contributed by atoms with E-state index in [1.165, 1.54) is 11.1 Å². The molecular weight excluding hydrogens is 246 g/mol. The Morgan fingerprint density at radius 2 is 2.11 bits per heavy atom. The van der Waals surface area contributed by atoms with Gasteiger partial charge in [0.25, 0.3) is 0 Å². The number of benzene rings is 1. The molecule has 3 nitrogen and oxygen atoms in total. The maximum Gasteiger partial charge on any atom is 0.152 e. The third-order valence-electron chi connectivity index (χ3n) is 3.59. The number of hydrogen-bond acceptors (Lipinski definition) is 2. The van der Waals surface area contributed by atoms with E-state index in [4.69, 9.17) is 11.6 Å². The molecule has 4 heteroatoms. The number of hydrogen-bond donors (Lipinski definition) is 1. The van der Waals surface area contributed by atoms with Crippen LogP contribution in [0, 0.1) is 13.8 Å². The van der Waals surface area contributed by atoms with Gasteiger partial charge in [-0.2, -0.15) is 0 Å². The predicted molar refractivity (Wildman–Crippen MR) is 73.9 cm³/mol. The van der Waals surface area contributed by atoms with Gasteiger partial charge in [-0.25, -0.2) is 4.98 Å². The lowest BCUT2D eigenvalue weighted by molar-refractivity contribution is 0.520. The van der Waals surface area contributed by atoms with E-state index in [9.17, 15) is 0 Å². The van der Waals surface area contributed by atoms with Gasteiger partial charge in [0.05, 0.1) is 5.69 Å². The molecule has 1 aromatic carbocycles. The molecule has 0 saturated carbocycles. The Balaban J connectivity index is 2.14. The summed E-state index contributed by atoms with van der Waals surface area (Å²) in [4.78, 5) is 4.52. The number of halogens is 1. The normalized spacial score (nSPS) is 14.6. The Morgan fingerprint density at radius 1 is 1.28 bits per heavy atom. The van der Waals surface area contributed by atoms with Crippen LogP contribution in [0.15, 0.2) is 18.2 Å². The number of aryl methyl sites for hydroxylation is 2. The number of rotatable bonds is 1. The van der Waals surface area contributed by atoms with Crippen molar-refractivity contribution in [3.8, 4) is 11.4 Å². The average molecular weight is 262 g/mol. The van der Waals surface area contributed by atoms with Gasteiger partial charge in [0.2, 0.25) is 0 Å². The van der Waals surface area contributed by atoms with Crippen LogP contribution in [0.5, 0.6) is 0 Å². The number of aromatic nitrogens is 2. The minimum Gasteiger partial charge on any atom is -0.324 e. The minimum atomic E-state index is 0.621. The standard InChI is InChI=1S/C14H16ClN3/c1-9-3-4-11(7-10(9)2)14-17-13(15)12-8-16-5-6-18(12)14/h3-4,7,16H,5-6,8H2,1-2H3. The zero-order valence-electron chi connectivity index (χ0n) is 10.6. The van der Waals surface area contributed by atoms with E-state index in [2.05, 4.69) is 46.9 Å². The maximum atomic E-state index is 6.21. The van der Waals surface area contributed by atoms with E-state index in [0.717, 1.165) is 36.7 Å². The van der Waals surface area contributed by atoms with Crippen molar-refractivity contribution in [1.82, 2.24) is 14.9 Å². The molecule has 1 N–H and O–H groups in total. The summed E-state index contributed by atoms with van der Waals surface area (Å²) in [5.74, 6) is 0.986. The molecule has 0 saturated heterocycles. The van der Waals surface area contributed by atoms with Crippen molar-refractivity contribution in [1.29, 1.82) is 0 Å². The first kappa shape index (κ1) is 11.8. The van der Waals surface area contributed by atoms with Crippen molar-refractivity contribution in [2.75, 3.05) is 6.54 Å². The van der Waals surface area contributed by atoms with E-state index in [1.807, 2.05) is 0 Å². The summed E-state index contributed by atoms with van der Waals surface area (Å²) in [6.45, 7) is 6.95. The zero-order valence-corrected chi connectivity index (χ0v) is 11.4. The van der Waals surface area contributed by atoms with Gasteiger partial charge in [-0.3, -0.25) is 0 Å². The molecule has 0 atom stereocenters. The van der Waals surface area contributed by atoms with Crippen molar-refractivity contribution >= 4 is 11.6 Å². The molecule has 3 rings (SSSR count). The van der Waals surface area contributed by atoms with Crippen LogP contribution in [0.25, 0.3) is 11.4 Å². The predicted octanol–water partition coefficient (Wildman–Crippen LogP) is 2.92. The fourth-order valence-electron chi connectivity index (χ4n) is 2.36. The van der Waals surface area contributed by atoms with Gasteiger partial charge in [0, 0.05) is 25.2 Å². The quantitative estimate of drug-likeness (QED) is 0.855. The van der Waals surface area contributed by atoms with E-state index in [-0.39, 0.29) is 0 Å². The van der Waals surface area contributed by atoms with Crippen LogP contribution in [-0.2, 0) is 13.1 Å². The summed E-state index contributed by atoms with van der Waals surface area (Å²) in [5.41, 5.74) is 4.83. The number of fused-ring (bicyclic) bond motifs is 1. The minimum absolute atomic E-state index is 0.621. The Bertz CT molecular complexity index is 601. The van der Waals surface area contributed by atoms with Gasteiger partial charge in [0.15, 0.2) is 5.15 Å². The third-order valence-corrected chi connectivity index (χ3v) is 3.90. The molecule has 0 spiro atoms. The monoisotopic (exact) mass is 261 g/mol. The van der Waals surface area contributed by atoms with Crippen molar-refractivity contribution < 1.29 is 0 Å². The highest BCUT2D eigenvalue weighted by atomic mass is 35.5. The van der Waals surface area contributed by atoms with Crippen LogP contribution >= 0.6 is 11.6 Å². The molecule has 94 valence electrons. The lowest BCUT2D eigenvalue weighted by Gasteiger charge is -2.18. The van der Waals surface area contributed by atoms with E-state index >= 15 is 0 Å².